The van der Waals surface area contributed by atoms with E-state index in [0.29, 0.717) is 11.0 Å². The van der Waals surface area contributed by atoms with Crippen molar-refractivity contribution >= 4 is 11.6 Å². The van der Waals surface area contributed by atoms with Crippen LogP contribution in [0.15, 0.2) is 18.2 Å². The summed E-state index contributed by atoms with van der Waals surface area (Å²) >= 11 is 5.94. The van der Waals surface area contributed by atoms with Crippen LogP contribution >= 0.6 is 11.6 Å². The lowest BCUT2D eigenvalue weighted by atomic mass is 10.1. The van der Waals surface area contributed by atoms with Crippen molar-refractivity contribution in [2.75, 3.05) is 0 Å². The maximum Gasteiger partial charge on any atom is 0.242 e. The summed E-state index contributed by atoms with van der Waals surface area (Å²) in [7, 11) is 0. The molecule has 1 aromatic heterocycles. The Labute approximate surface area is 117 Å². The van der Waals surface area contributed by atoms with E-state index in [2.05, 4.69) is 22.3 Å². The predicted molar refractivity (Wildman–Crippen MR) is 75.1 cm³/mol. The van der Waals surface area contributed by atoms with E-state index in [0.717, 1.165) is 23.3 Å². The highest BCUT2D eigenvalue weighted by Gasteiger charge is 2.14. The van der Waals surface area contributed by atoms with Crippen molar-refractivity contribution in [2.24, 2.45) is 0 Å². The standard InChI is InChI=1S/C15H15ClN2O/c1-9-10(2)15(18-17-14(9)16)19-13-7-6-11-4-3-5-12(11)8-13/h6-8H,3-5H2,1-2H3. The summed E-state index contributed by atoms with van der Waals surface area (Å²) in [6.45, 7) is 3.86. The maximum absolute atomic E-state index is 5.94. The Morgan fingerprint density at radius 3 is 2.68 bits per heavy atom. The van der Waals surface area contributed by atoms with Crippen molar-refractivity contribution in [1.29, 1.82) is 0 Å². The molecule has 1 aliphatic carbocycles. The molecule has 0 N–H and O–H groups in total. The average molecular weight is 275 g/mol. The molecule has 3 rings (SSSR count). The average Bonchev–Trinajstić information content (AvgIpc) is 2.87. The van der Waals surface area contributed by atoms with Gasteiger partial charge in [0.2, 0.25) is 5.88 Å². The topological polar surface area (TPSA) is 35.0 Å². The minimum Gasteiger partial charge on any atom is -0.437 e. The molecule has 98 valence electrons. The van der Waals surface area contributed by atoms with Gasteiger partial charge in [-0.2, -0.15) is 0 Å². The van der Waals surface area contributed by atoms with Crippen LogP contribution in [0.3, 0.4) is 0 Å². The number of fused-ring (bicyclic) bond motifs is 1. The molecule has 0 spiro atoms. The minimum absolute atomic E-state index is 0.429. The fraction of sp³-hybridized carbons (Fsp3) is 0.333. The van der Waals surface area contributed by atoms with Crippen LogP contribution in [0.25, 0.3) is 0 Å². The van der Waals surface area contributed by atoms with Crippen LogP contribution < -0.4 is 4.74 Å². The number of aryl methyl sites for hydroxylation is 2. The molecule has 1 aromatic carbocycles. The molecule has 0 unspecified atom stereocenters. The van der Waals surface area contributed by atoms with Gasteiger partial charge in [-0.05, 0) is 61.9 Å². The van der Waals surface area contributed by atoms with Gasteiger partial charge in [-0.3, -0.25) is 0 Å². The monoisotopic (exact) mass is 274 g/mol. The third-order valence-corrected chi connectivity index (χ3v) is 4.06. The zero-order valence-electron chi connectivity index (χ0n) is 11.0. The summed E-state index contributed by atoms with van der Waals surface area (Å²) < 4.78 is 5.84. The van der Waals surface area contributed by atoms with Gasteiger partial charge in [0.05, 0.1) is 0 Å². The van der Waals surface area contributed by atoms with Gasteiger partial charge in [0.25, 0.3) is 0 Å². The van der Waals surface area contributed by atoms with E-state index in [9.17, 15) is 0 Å². The fourth-order valence-corrected chi connectivity index (χ4v) is 2.55. The van der Waals surface area contributed by atoms with Gasteiger partial charge >= 0.3 is 0 Å². The van der Waals surface area contributed by atoms with Crippen molar-refractivity contribution < 1.29 is 4.74 Å². The molecule has 0 aliphatic heterocycles. The third kappa shape index (κ3) is 2.30. The molecule has 0 amide bonds. The number of rotatable bonds is 2. The molecule has 1 aliphatic rings. The summed E-state index contributed by atoms with van der Waals surface area (Å²) in [6.07, 6.45) is 3.54. The second-order valence-corrected chi connectivity index (χ2v) is 5.29. The van der Waals surface area contributed by atoms with Crippen molar-refractivity contribution in [3.8, 4) is 11.6 Å². The number of hydrogen-bond donors (Lipinski definition) is 0. The summed E-state index contributed by atoms with van der Waals surface area (Å²) in [6, 6.07) is 6.24. The summed E-state index contributed by atoms with van der Waals surface area (Å²) in [4.78, 5) is 0. The van der Waals surface area contributed by atoms with Crippen LogP contribution in [0, 0.1) is 13.8 Å². The molecule has 0 radical (unpaired) electrons. The van der Waals surface area contributed by atoms with Crippen molar-refractivity contribution in [2.45, 2.75) is 33.1 Å². The Bertz CT molecular complexity index is 640. The van der Waals surface area contributed by atoms with Crippen LogP contribution in [-0.2, 0) is 12.8 Å². The summed E-state index contributed by atoms with van der Waals surface area (Å²) in [5.74, 6) is 1.35. The van der Waals surface area contributed by atoms with Gasteiger partial charge < -0.3 is 4.74 Å². The van der Waals surface area contributed by atoms with Crippen LogP contribution in [0.2, 0.25) is 5.15 Å². The van der Waals surface area contributed by atoms with E-state index in [4.69, 9.17) is 16.3 Å². The highest BCUT2D eigenvalue weighted by Crippen LogP contribution is 2.30. The number of hydrogen-bond acceptors (Lipinski definition) is 3. The second-order valence-electron chi connectivity index (χ2n) is 4.93. The van der Waals surface area contributed by atoms with Gasteiger partial charge in [-0.1, -0.05) is 17.7 Å². The number of ether oxygens (including phenoxy) is 1. The molecule has 0 fully saturated rings. The van der Waals surface area contributed by atoms with E-state index in [1.807, 2.05) is 19.9 Å². The Morgan fingerprint density at radius 1 is 1.05 bits per heavy atom. The van der Waals surface area contributed by atoms with E-state index < -0.39 is 0 Å². The van der Waals surface area contributed by atoms with E-state index >= 15 is 0 Å². The molecule has 1 heterocycles. The molecule has 19 heavy (non-hydrogen) atoms. The quantitative estimate of drug-likeness (QED) is 0.829. The smallest absolute Gasteiger partial charge is 0.242 e. The zero-order valence-corrected chi connectivity index (χ0v) is 11.8. The molecule has 0 saturated heterocycles. The number of benzene rings is 1. The molecule has 2 aromatic rings. The number of nitrogens with zero attached hydrogens (tertiary/aromatic N) is 2. The highest BCUT2D eigenvalue weighted by atomic mass is 35.5. The van der Waals surface area contributed by atoms with E-state index in [1.54, 1.807) is 0 Å². The molecule has 0 saturated carbocycles. The van der Waals surface area contributed by atoms with Gasteiger partial charge in [-0.15, -0.1) is 10.2 Å². The first-order valence-electron chi connectivity index (χ1n) is 6.44. The van der Waals surface area contributed by atoms with Crippen LogP contribution in [0.1, 0.15) is 28.7 Å². The van der Waals surface area contributed by atoms with Crippen molar-refractivity contribution in [3.63, 3.8) is 0 Å². The van der Waals surface area contributed by atoms with Gasteiger partial charge in [0.1, 0.15) is 5.75 Å². The summed E-state index contributed by atoms with van der Waals surface area (Å²) in [5.41, 5.74) is 4.66. The van der Waals surface area contributed by atoms with E-state index in [-0.39, 0.29) is 0 Å². The first-order valence-corrected chi connectivity index (χ1v) is 6.82. The van der Waals surface area contributed by atoms with Crippen molar-refractivity contribution in [1.82, 2.24) is 10.2 Å². The number of halogens is 1. The first kappa shape index (κ1) is 12.4. The largest absolute Gasteiger partial charge is 0.437 e. The Morgan fingerprint density at radius 2 is 1.84 bits per heavy atom. The Balaban J connectivity index is 1.91. The molecule has 4 heteroatoms. The normalized spacial score (nSPS) is 13.4. The molecular weight excluding hydrogens is 260 g/mol. The second kappa shape index (κ2) is 4.82. The van der Waals surface area contributed by atoms with Crippen molar-refractivity contribution in [3.05, 3.63) is 45.6 Å². The predicted octanol–water partition coefficient (Wildman–Crippen LogP) is 4.03. The third-order valence-electron chi connectivity index (χ3n) is 3.71. The van der Waals surface area contributed by atoms with Gasteiger partial charge in [-0.25, -0.2) is 0 Å². The molecule has 0 bridgehead atoms. The Hall–Kier alpha value is -1.61. The molecule has 3 nitrogen and oxygen atoms in total. The first-order chi connectivity index (χ1) is 9.15. The highest BCUT2D eigenvalue weighted by molar-refractivity contribution is 6.30. The molecule has 0 atom stereocenters. The maximum atomic E-state index is 5.94. The number of aromatic nitrogens is 2. The lowest BCUT2D eigenvalue weighted by Crippen LogP contribution is -1.98. The Kier molecular flexibility index (Phi) is 3.15. The molecular formula is C15H15ClN2O. The van der Waals surface area contributed by atoms with Crippen LogP contribution in [-0.4, -0.2) is 10.2 Å². The van der Waals surface area contributed by atoms with Gasteiger partial charge in [0, 0.05) is 5.56 Å². The van der Waals surface area contributed by atoms with Crippen LogP contribution in [0.4, 0.5) is 0 Å². The van der Waals surface area contributed by atoms with Gasteiger partial charge in [0.15, 0.2) is 5.15 Å². The zero-order chi connectivity index (χ0) is 13.4. The van der Waals surface area contributed by atoms with E-state index in [1.165, 1.54) is 24.0 Å². The SMILES string of the molecule is Cc1c(Cl)nnc(Oc2ccc3c(c2)CCC3)c1C. The lowest BCUT2D eigenvalue weighted by Gasteiger charge is -2.10. The lowest BCUT2D eigenvalue weighted by molar-refractivity contribution is 0.450. The summed E-state index contributed by atoms with van der Waals surface area (Å²) in [5, 5.41) is 8.35. The fourth-order valence-electron chi connectivity index (χ4n) is 2.37. The van der Waals surface area contributed by atoms with Crippen LogP contribution in [0.5, 0.6) is 11.6 Å². The minimum atomic E-state index is 0.429.